The number of carbonyl (C=O) groups excluding carboxylic acids is 1. The summed E-state index contributed by atoms with van der Waals surface area (Å²) in [5, 5.41) is 22.8. The molecular formula is C26H24N2O7. The van der Waals surface area contributed by atoms with Crippen LogP contribution in [0.25, 0.3) is 0 Å². The van der Waals surface area contributed by atoms with E-state index >= 15 is 0 Å². The highest BCUT2D eigenvalue weighted by Crippen LogP contribution is 2.45. The van der Waals surface area contributed by atoms with Crippen LogP contribution in [0, 0.1) is 10.1 Å². The monoisotopic (exact) mass is 476 g/mol. The van der Waals surface area contributed by atoms with Gasteiger partial charge in [0, 0.05) is 24.1 Å². The largest absolute Gasteiger partial charge is 0.493 e. The number of amides is 1. The molecule has 0 aromatic heterocycles. The molecule has 1 N–H and O–H groups in total. The van der Waals surface area contributed by atoms with Crippen LogP contribution in [0.4, 0.5) is 5.69 Å². The quantitative estimate of drug-likeness (QED) is 0.406. The molecule has 1 aliphatic heterocycles. The molecule has 4 rings (SSSR count). The second-order valence-electron chi connectivity index (χ2n) is 8.14. The number of methoxy groups -OCH3 is 2. The first-order chi connectivity index (χ1) is 16.8. The molecule has 9 heteroatoms. The molecule has 180 valence electrons. The summed E-state index contributed by atoms with van der Waals surface area (Å²) >= 11 is 0. The van der Waals surface area contributed by atoms with Gasteiger partial charge in [0.05, 0.1) is 19.1 Å². The Bertz CT molecular complexity index is 1290. The molecule has 3 aromatic rings. The average Bonchev–Trinajstić information content (AvgIpc) is 2.88. The lowest BCUT2D eigenvalue weighted by Crippen LogP contribution is -2.59. The van der Waals surface area contributed by atoms with E-state index in [1.165, 1.54) is 31.3 Å². The first-order valence-electron chi connectivity index (χ1n) is 10.9. The molecule has 1 unspecified atom stereocenters. The summed E-state index contributed by atoms with van der Waals surface area (Å²) in [4.78, 5) is 39.6. The van der Waals surface area contributed by atoms with Crippen molar-refractivity contribution in [3.8, 4) is 11.5 Å². The fourth-order valence-corrected chi connectivity index (χ4v) is 4.79. The van der Waals surface area contributed by atoms with Gasteiger partial charge in [-0.15, -0.1) is 0 Å². The highest BCUT2D eigenvalue weighted by atomic mass is 16.6. The van der Waals surface area contributed by atoms with Crippen molar-refractivity contribution in [1.29, 1.82) is 0 Å². The van der Waals surface area contributed by atoms with Crippen LogP contribution in [0.3, 0.4) is 0 Å². The first-order valence-corrected chi connectivity index (χ1v) is 10.9. The topological polar surface area (TPSA) is 119 Å². The summed E-state index contributed by atoms with van der Waals surface area (Å²) in [5.74, 6) is -1.71. The summed E-state index contributed by atoms with van der Waals surface area (Å²) in [7, 11) is 2.64. The average molecular weight is 476 g/mol. The molecule has 0 fully saturated rings. The zero-order valence-electron chi connectivity index (χ0n) is 19.3. The maximum Gasteiger partial charge on any atom is 0.334 e. The molecule has 1 heterocycles. The van der Waals surface area contributed by atoms with Gasteiger partial charge in [0.15, 0.2) is 11.3 Å². The Morgan fingerprint density at radius 3 is 2.34 bits per heavy atom. The standard InChI is InChI=1S/C26H24N2O7/c1-34-21-13-12-19(22(28(32)33)23(21)35-2)16-26(25(30)31)20-11-7-6-8-17(20)14-15-27(26)24(29)18-9-4-3-5-10-18/h3-13H,14-16H2,1-2H3,(H,30,31). The number of nitrogens with zero attached hydrogens (tertiary/aromatic N) is 2. The number of nitro groups is 1. The molecule has 9 nitrogen and oxygen atoms in total. The third kappa shape index (κ3) is 3.95. The maximum absolute atomic E-state index is 13.6. The number of ether oxygens (including phenoxy) is 2. The summed E-state index contributed by atoms with van der Waals surface area (Å²) in [5.41, 5.74) is -0.645. The van der Waals surface area contributed by atoms with Crippen molar-refractivity contribution in [3.63, 3.8) is 0 Å². The number of rotatable bonds is 7. The van der Waals surface area contributed by atoms with Gasteiger partial charge in [0.1, 0.15) is 0 Å². The van der Waals surface area contributed by atoms with Crippen molar-refractivity contribution in [2.75, 3.05) is 20.8 Å². The molecule has 0 radical (unpaired) electrons. The second-order valence-corrected chi connectivity index (χ2v) is 8.14. The number of carboxylic acids is 1. The van der Waals surface area contributed by atoms with Gasteiger partial charge in [0.25, 0.3) is 5.91 Å². The lowest BCUT2D eigenvalue weighted by atomic mass is 9.75. The Hall–Kier alpha value is -4.40. The Morgan fingerprint density at radius 2 is 1.71 bits per heavy atom. The van der Waals surface area contributed by atoms with E-state index in [9.17, 15) is 24.8 Å². The lowest BCUT2D eigenvalue weighted by molar-refractivity contribution is -0.386. The molecule has 1 atom stereocenters. The van der Waals surface area contributed by atoms with Gasteiger partial charge in [-0.05, 0) is 41.8 Å². The molecular weight excluding hydrogens is 452 g/mol. The van der Waals surface area contributed by atoms with Crippen molar-refractivity contribution in [2.24, 2.45) is 0 Å². The zero-order chi connectivity index (χ0) is 25.2. The van der Waals surface area contributed by atoms with Gasteiger partial charge in [-0.2, -0.15) is 0 Å². The van der Waals surface area contributed by atoms with Gasteiger partial charge in [-0.1, -0.05) is 42.5 Å². The zero-order valence-corrected chi connectivity index (χ0v) is 19.3. The van der Waals surface area contributed by atoms with Crippen LogP contribution in [0.15, 0.2) is 66.7 Å². The molecule has 0 saturated carbocycles. The number of carboxylic acid groups (broad SMARTS) is 1. The highest BCUT2D eigenvalue weighted by molar-refractivity contribution is 5.99. The van der Waals surface area contributed by atoms with Crippen molar-refractivity contribution < 1.29 is 29.1 Å². The van der Waals surface area contributed by atoms with Crippen LogP contribution in [-0.2, 0) is 23.2 Å². The van der Waals surface area contributed by atoms with E-state index < -0.39 is 28.0 Å². The van der Waals surface area contributed by atoms with Crippen LogP contribution in [0.1, 0.15) is 27.0 Å². The molecule has 0 saturated heterocycles. The number of hydrogen-bond acceptors (Lipinski definition) is 6. The summed E-state index contributed by atoms with van der Waals surface area (Å²) < 4.78 is 10.5. The Morgan fingerprint density at radius 1 is 1.03 bits per heavy atom. The minimum Gasteiger partial charge on any atom is -0.493 e. The van der Waals surface area contributed by atoms with Gasteiger partial charge in [0.2, 0.25) is 5.75 Å². The van der Waals surface area contributed by atoms with E-state index in [4.69, 9.17) is 9.47 Å². The Kier molecular flexibility index (Phi) is 6.42. The van der Waals surface area contributed by atoms with Gasteiger partial charge in [-0.3, -0.25) is 14.9 Å². The maximum atomic E-state index is 13.6. The fraction of sp³-hybridized carbons (Fsp3) is 0.231. The molecule has 3 aromatic carbocycles. The summed E-state index contributed by atoms with van der Waals surface area (Å²) in [6.45, 7) is 0.137. The molecule has 35 heavy (non-hydrogen) atoms. The fourth-order valence-electron chi connectivity index (χ4n) is 4.79. The van der Waals surface area contributed by atoms with E-state index in [-0.39, 0.29) is 30.0 Å². The van der Waals surface area contributed by atoms with E-state index in [1.54, 1.807) is 48.5 Å². The SMILES string of the molecule is COc1ccc(CC2(C(=O)O)c3ccccc3CCN2C(=O)c2ccccc2)c([N+](=O)[O-])c1OC. The number of aliphatic carboxylic acids is 1. The van der Waals surface area contributed by atoms with Gasteiger partial charge < -0.3 is 19.5 Å². The molecule has 1 aliphatic rings. The number of hydrogen-bond donors (Lipinski definition) is 1. The minimum atomic E-state index is -1.88. The van der Waals surface area contributed by atoms with Crippen molar-refractivity contribution in [2.45, 2.75) is 18.4 Å². The van der Waals surface area contributed by atoms with Crippen LogP contribution < -0.4 is 9.47 Å². The smallest absolute Gasteiger partial charge is 0.334 e. The van der Waals surface area contributed by atoms with Crippen LogP contribution in [0.5, 0.6) is 11.5 Å². The second kappa shape index (κ2) is 9.46. The van der Waals surface area contributed by atoms with Crippen LogP contribution in [-0.4, -0.2) is 47.6 Å². The van der Waals surface area contributed by atoms with Crippen molar-refractivity contribution in [1.82, 2.24) is 4.90 Å². The number of benzene rings is 3. The van der Waals surface area contributed by atoms with Crippen LogP contribution in [0.2, 0.25) is 0 Å². The summed E-state index contributed by atoms with van der Waals surface area (Å²) in [6, 6.07) is 18.3. The van der Waals surface area contributed by atoms with Crippen molar-refractivity contribution >= 4 is 17.6 Å². The molecule has 0 bridgehead atoms. The van der Waals surface area contributed by atoms with Crippen molar-refractivity contribution in [3.05, 3.63) is 99.1 Å². The minimum absolute atomic E-state index is 0.109. The van der Waals surface area contributed by atoms with E-state index in [2.05, 4.69) is 0 Å². The predicted molar refractivity (Wildman–Crippen MR) is 127 cm³/mol. The number of nitro benzene ring substituents is 1. The lowest BCUT2D eigenvalue weighted by Gasteiger charge is -2.45. The van der Waals surface area contributed by atoms with E-state index in [0.29, 0.717) is 17.5 Å². The highest BCUT2D eigenvalue weighted by Gasteiger charge is 2.52. The number of carbonyl (C=O) groups is 2. The van der Waals surface area contributed by atoms with Crippen LogP contribution >= 0.6 is 0 Å². The van der Waals surface area contributed by atoms with E-state index in [1.807, 2.05) is 6.07 Å². The molecule has 1 amide bonds. The number of fused-ring (bicyclic) bond motifs is 1. The summed E-state index contributed by atoms with van der Waals surface area (Å²) in [6.07, 6.45) is 0.117. The Balaban J connectivity index is 1.97. The first kappa shape index (κ1) is 23.7. The third-order valence-electron chi connectivity index (χ3n) is 6.38. The predicted octanol–water partition coefficient (Wildman–Crippen LogP) is 3.83. The van der Waals surface area contributed by atoms with Gasteiger partial charge in [-0.25, -0.2) is 4.79 Å². The Labute approximate surface area is 201 Å². The van der Waals surface area contributed by atoms with Gasteiger partial charge >= 0.3 is 11.7 Å². The van der Waals surface area contributed by atoms with E-state index in [0.717, 1.165) is 5.56 Å². The molecule has 0 spiro atoms. The third-order valence-corrected chi connectivity index (χ3v) is 6.38. The molecule has 0 aliphatic carbocycles. The normalized spacial score (nSPS) is 16.8.